The molecule has 0 aliphatic carbocycles. The summed E-state index contributed by atoms with van der Waals surface area (Å²) in [6.45, 7) is -0.925. The quantitative estimate of drug-likeness (QED) is 0.704. The lowest BCUT2D eigenvalue weighted by atomic mass is 10.1. The number of benzene rings is 1. The molecule has 0 aliphatic rings. The van der Waals surface area contributed by atoms with Crippen molar-refractivity contribution >= 4 is 11.1 Å². The van der Waals surface area contributed by atoms with Crippen LogP contribution in [0.25, 0.3) is 0 Å². The van der Waals surface area contributed by atoms with Crippen LogP contribution in [0.1, 0.15) is 11.1 Å². The van der Waals surface area contributed by atoms with Gasteiger partial charge in [-0.15, -0.1) is 0 Å². The molecule has 1 aromatic rings. The summed E-state index contributed by atoms with van der Waals surface area (Å²) in [6, 6.07) is 4.04. The highest BCUT2D eigenvalue weighted by molar-refractivity contribution is 7.78. The van der Waals surface area contributed by atoms with E-state index >= 15 is 0 Å². The first-order valence-electron chi connectivity index (χ1n) is 3.53. The Morgan fingerprint density at radius 2 is 2.00 bits per heavy atom. The van der Waals surface area contributed by atoms with Crippen molar-refractivity contribution in [3.8, 4) is 0 Å². The molecule has 5 heteroatoms. The van der Waals surface area contributed by atoms with Gasteiger partial charge in [-0.1, -0.05) is 29.3 Å². The topological polar surface area (TPSA) is 40.1 Å². The Hall–Kier alpha value is -0.810. The summed E-state index contributed by atoms with van der Waals surface area (Å²) >= 11 is -2.35. The Labute approximate surface area is 76.9 Å². The number of halogens is 2. The molecule has 0 spiro atoms. The molecule has 1 atom stereocenters. The molecule has 0 saturated heterocycles. The van der Waals surface area contributed by atoms with Gasteiger partial charge in [-0.25, -0.2) is 8.78 Å². The van der Waals surface area contributed by atoms with Gasteiger partial charge >= 0.3 is 0 Å². The van der Waals surface area contributed by atoms with E-state index in [-0.39, 0.29) is 11.1 Å². The fourth-order valence-electron chi connectivity index (χ4n) is 0.975. The van der Waals surface area contributed by atoms with Gasteiger partial charge in [0.25, 0.3) is 0 Å². The van der Waals surface area contributed by atoms with Crippen molar-refractivity contribution in [2.24, 2.45) is 0 Å². The second-order valence-corrected chi connectivity index (χ2v) is 3.37. The third-order valence-electron chi connectivity index (χ3n) is 1.58. The first kappa shape index (κ1) is 10.3. The Kier molecular flexibility index (Phi) is 3.50. The summed E-state index contributed by atoms with van der Waals surface area (Å²) in [7, 11) is 0. The summed E-state index contributed by atoms with van der Waals surface area (Å²) < 4.78 is 45.7. The van der Waals surface area contributed by atoms with Crippen LogP contribution in [-0.4, -0.2) is 8.76 Å². The monoisotopic (exact) mass is 205 g/mol. The van der Waals surface area contributed by atoms with Gasteiger partial charge in [-0.3, -0.25) is 4.21 Å². The van der Waals surface area contributed by atoms with Gasteiger partial charge in [-0.05, 0) is 5.56 Å². The number of hydrogen-bond acceptors (Lipinski definition) is 2. The average Bonchev–Trinajstić information content (AvgIpc) is 2.08. The molecule has 0 fully saturated rings. The van der Waals surface area contributed by atoms with Crippen molar-refractivity contribution in [2.75, 3.05) is 0 Å². The summed E-state index contributed by atoms with van der Waals surface area (Å²) in [5.41, 5.74) is -0.105. The van der Waals surface area contributed by atoms with E-state index in [9.17, 15) is 17.5 Å². The van der Waals surface area contributed by atoms with Gasteiger partial charge in [0.15, 0.2) is 0 Å². The average molecular weight is 205 g/mol. The molecule has 1 rings (SSSR count). The highest BCUT2D eigenvalue weighted by Gasteiger charge is 2.06. The zero-order chi connectivity index (χ0) is 9.84. The second kappa shape index (κ2) is 4.43. The smallest absolute Gasteiger partial charge is 0.133 e. The highest BCUT2D eigenvalue weighted by Crippen LogP contribution is 2.15. The van der Waals surface area contributed by atoms with Gasteiger partial charge in [-0.2, -0.15) is 0 Å². The predicted octanol–water partition coefficient (Wildman–Crippen LogP) is 1.67. The van der Waals surface area contributed by atoms with Crippen molar-refractivity contribution in [1.82, 2.24) is 0 Å². The fraction of sp³-hybridized carbons (Fsp3) is 0.250. The van der Waals surface area contributed by atoms with Crippen LogP contribution < -0.4 is 0 Å². The Balaban J connectivity index is 3.01. The minimum atomic E-state index is -2.35. The molecule has 1 aromatic carbocycles. The van der Waals surface area contributed by atoms with Gasteiger partial charge in [0.05, 0.1) is 0 Å². The van der Waals surface area contributed by atoms with Gasteiger partial charge in [0.1, 0.15) is 12.5 Å². The fourth-order valence-corrected chi connectivity index (χ4v) is 1.45. The van der Waals surface area contributed by atoms with Crippen LogP contribution in [0.3, 0.4) is 0 Å². The molecule has 0 heterocycles. The van der Waals surface area contributed by atoms with E-state index in [1.165, 1.54) is 18.2 Å². The SMILES string of the molecule is O=S([O-])Cc1cccc(CF)c1F. The Morgan fingerprint density at radius 3 is 2.54 bits per heavy atom. The molecule has 0 bridgehead atoms. The lowest BCUT2D eigenvalue weighted by Gasteiger charge is -2.07. The first-order chi connectivity index (χ1) is 6.15. The third-order valence-corrected chi connectivity index (χ3v) is 2.12. The van der Waals surface area contributed by atoms with Crippen LogP contribution in [0.4, 0.5) is 8.78 Å². The standard InChI is InChI=1S/C8H8F2O2S/c9-4-6-2-1-3-7(8(6)10)5-13(11)12/h1-3H,4-5H2,(H,11,12)/p-1. The molecule has 1 unspecified atom stereocenters. The zero-order valence-electron chi connectivity index (χ0n) is 6.63. The normalized spacial score (nSPS) is 12.8. The third kappa shape index (κ3) is 2.57. The minimum absolute atomic E-state index is 0.00323. The molecule has 72 valence electrons. The van der Waals surface area contributed by atoms with Crippen LogP contribution in [0, 0.1) is 5.82 Å². The second-order valence-electron chi connectivity index (χ2n) is 2.47. The van der Waals surface area contributed by atoms with E-state index in [0.717, 1.165) is 0 Å². The van der Waals surface area contributed by atoms with Crippen molar-refractivity contribution < 1.29 is 17.5 Å². The van der Waals surface area contributed by atoms with E-state index < -0.39 is 29.3 Å². The van der Waals surface area contributed by atoms with Crippen LogP contribution in [0.2, 0.25) is 0 Å². The number of alkyl halides is 1. The molecular formula is C8H7F2O2S-. The molecule has 0 aliphatic heterocycles. The van der Waals surface area contributed by atoms with Crippen molar-refractivity contribution in [3.05, 3.63) is 35.1 Å². The Bertz CT molecular complexity index is 328. The first-order valence-corrected chi connectivity index (χ1v) is 4.77. The maximum absolute atomic E-state index is 13.1. The summed E-state index contributed by atoms with van der Waals surface area (Å²) in [4.78, 5) is 0. The van der Waals surface area contributed by atoms with Crippen LogP contribution in [-0.2, 0) is 23.5 Å². The number of rotatable bonds is 3. The van der Waals surface area contributed by atoms with E-state index in [0.29, 0.717) is 0 Å². The molecule has 0 N–H and O–H groups in total. The molecule has 0 saturated carbocycles. The molecule has 13 heavy (non-hydrogen) atoms. The lowest BCUT2D eigenvalue weighted by molar-refractivity contribution is 0.461. The van der Waals surface area contributed by atoms with Gasteiger partial charge in [0, 0.05) is 11.3 Å². The van der Waals surface area contributed by atoms with E-state index in [4.69, 9.17) is 0 Å². The van der Waals surface area contributed by atoms with Crippen LogP contribution >= 0.6 is 0 Å². The summed E-state index contributed by atoms with van der Waals surface area (Å²) in [6.07, 6.45) is 0. The summed E-state index contributed by atoms with van der Waals surface area (Å²) in [5.74, 6) is -1.19. The molecule has 0 radical (unpaired) electrons. The van der Waals surface area contributed by atoms with E-state index in [1.54, 1.807) is 0 Å². The van der Waals surface area contributed by atoms with E-state index in [1.807, 2.05) is 0 Å². The lowest BCUT2D eigenvalue weighted by Crippen LogP contribution is -1.99. The minimum Gasteiger partial charge on any atom is -0.772 e. The molecular weight excluding hydrogens is 198 g/mol. The van der Waals surface area contributed by atoms with Crippen LogP contribution in [0.15, 0.2) is 18.2 Å². The highest BCUT2D eigenvalue weighted by atomic mass is 32.2. The number of hydrogen-bond donors (Lipinski definition) is 0. The van der Waals surface area contributed by atoms with E-state index in [2.05, 4.69) is 0 Å². The predicted molar refractivity (Wildman–Crippen MR) is 43.8 cm³/mol. The van der Waals surface area contributed by atoms with Gasteiger partial charge in [0.2, 0.25) is 0 Å². The largest absolute Gasteiger partial charge is 0.772 e. The molecule has 2 nitrogen and oxygen atoms in total. The zero-order valence-corrected chi connectivity index (χ0v) is 7.44. The summed E-state index contributed by atoms with van der Waals surface area (Å²) in [5, 5.41) is 0. The Morgan fingerprint density at radius 1 is 1.38 bits per heavy atom. The van der Waals surface area contributed by atoms with Gasteiger partial charge < -0.3 is 4.55 Å². The van der Waals surface area contributed by atoms with Crippen LogP contribution in [0.5, 0.6) is 0 Å². The van der Waals surface area contributed by atoms with Crippen molar-refractivity contribution in [1.29, 1.82) is 0 Å². The van der Waals surface area contributed by atoms with Crippen molar-refractivity contribution in [3.63, 3.8) is 0 Å². The maximum Gasteiger partial charge on any atom is 0.133 e. The van der Waals surface area contributed by atoms with Crippen molar-refractivity contribution in [2.45, 2.75) is 12.4 Å². The maximum atomic E-state index is 13.1. The molecule has 0 aromatic heterocycles. The molecule has 0 amide bonds.